The van der Waals surface area contributed by atoms with Crippen molar-refractivity contribution in [1.29, 1.82) is 0 Å². The Kier molecular flexibility index (Phi) is 8.04. The molecule has 0 amide bonds. The molecular formula is C16H21BrFIN4. The van der Waals surface area contributed by atoms with E-state index in [1.165, 1.54) is 17.8 Å². The van der Waals surface area contributed by atoms with E-state index in [4.69, 9.17) is 0 Å². The fourth-order valence-corrected chi connectivity index (χ4v) is 2.78. The van der Waals surface area contributed by atoms with Crippen LogP contribution in [0.15, 0.2) is 46.0 Å². The van der Waals surface area contributed by atoms with Crippen molar-refractivity contribution < 1.29 is 4.39 Å². The highest BCUT2D eigenvalue weighted by atomic mass is 127. The van der Waals surface area contributed by atoms with E-state index in [1.54, 1.807) is 19.2 Å². The lowest BCUT2D eigenvalue weighted by molar-refractivity contribution is 0.461. The van der Waals surface area contributed by atoms with Crippen LogP contribution in [0.4, 0.5) is 4.39 Å². The summed E-state index contributed by atoms with van der Waals surface area (Å²) in [6, 6.07) is 8.55. The van der Waals surface area contributed by atoms with Crippen LogP contribution in [-0.4, -0.2) is 29.5 Å². The Labute approximate surface area is 161 Å². The third-order valence-corrected chi connectivity index (χ3v) is 3.84. The van der Waals surface area contributed by atoms with Gasteiger partial charge in [0.2, 0.25) is 0 Å². The summed E-state index contributed by atoms with van der Waals surface area (Å²) in [6.45, 7) is 1.35. The number of guanidine groups is 1. The van der Waals surface area contributed by atoms with E-state index in [0.717, 1.165) is 22.5 Å². The SMILES string of the molecule is CN=C(NCc1ccc(F)cc1)N(C)Cc1cc(Br)cn1C.I. The van der Waals surface area contributed by atoms with E-state index in [0.29, 0.717) is 6.54 Å². The Balaban J connectivity index is 0.00000264. The van der Waals surface area contributed by atoms with Crippen LogP contribution in [0.2, 0.25) is 0 Å². The quantitative estimate of drug-likeness (QED) is 0.399. The molecule has 126 valence electrons. The number of benzene rings is 1. The van der Waals surface area contributed by atoms with Gasteiger partial charge in [0.05, 0.1) is 6.54 Å². The number of halogens is 3. The molecule has 0 spiro atoms. The molecule has 23 heavy (non-hydrogen) atoms. The van der Waals surface area contributed by atoms with Gasteiger partial charge in [0.25, 0.3) is 0 Å². The van der Waals surface area contributed by atoms with Crippen molar-refractivity contribution in [3.8, 4) is 0 Å². The van der Waals surface area contributed by atoms with E-state index in [-0.39, 0.29) is 29.8 Å². The Morgan fingerprint density at radius 2 is 2.00 bits per heavy atom. The van der Waals surface area contributed by atoms with Gasteiger partial charge < -0.3 is 14.8 Å². The van der Waals surface area contributed by atoms with Gasteiger partial charge >= 0.3 is 0 Å². The molecular weight excluding hydrogens is 474 g/mol. The molecule has 7 heteroatoms. The van der Waals surface area contributed by atoms with Gasteiger partial charge in [0, 0.05) is 44.1 Å². The fraction of sp³-hybridized carbons (Fsp3) is 0.312. The van der Waals surface area contributed by atoms with Crippen LogP contribution in [0.25, 0.3) is 0 Å². The average Bonchev–Trinajstić information content (AvgIpc) is 2.79. The second-order valence-corrected chi connectivity index (χ2v) is 6.06. The van der Waals surface area contributed by atoms with Gasteiger partial charge in [-0.05, 0) is 39.7 Å². The zero-order chi connectivity index (χ0) is 16.1. The number of nitrogens with zero attached hydrogens (tertiary/aromatic N) is 3. The van der Waals surface area contributed by atoms with Crippen molar-refractivity contribution in [3.05, 3.63) is 58.1 Å². The molecule has 1 aromatic carbocycles. The summed E-state index contributed by atoms with van der Waals surface area (Å²) in [5.41, 5.74) is 2.19. The summed E-state index contributed by atoms with van der Waals surface area (Å²) >= 11 is 3.48. The minimum atomic E-state index is -0.223. The summed E-state index contributed by atoms with van der Waals surface area (Å²) < 4.78 is 16.0. The van der Waals surface area contributed by atoms with Gasteiger partial charge in [-0.15, -0.1) is 24.0 Å². The molecule has 1 N–H and O–H groups in total. The molecule has 2 aromatic rings. The third kappa shape index (κ3) is 5.80. The predicted molar refractivity (Wildman–Crippen MR) is 107 cm³/mol. The van der Waals surface area contributed by atoms with E-state index < -0.39 is 0 Å². The molecule has 4 nitrogen and oxygen atoms in total. The predicted octanol–water partition coefficient (Wildman–Crippen LogP) is 3.75. The summed E-state index contributed by atoms with van der Waals surface area (Å²) in [7, 11) is 5.76. The molecule has 0 aliphatic carbocycles. The molecule has 0 aliphatic heterocycles. The van der Waals surface area contributed by atoms with Gasteiger partial charge in [-0.25, -0.2) is 4.39 Å². The van der Waals surface area contributed by atoms with Crippen LogP contribution in [0.5, 0.6) is 0 Å². The Morgan fingerprint density at radius 1 is 1.35 bits per heavy atom. The van der Waals surface area contributed by atoms with Crippen LogP contribution in [-0.2, 0) is 20.1 Å². The maximum atomic E-state index is 12.9. The molecule has 0 radical (unpaired) electrons. The minimum Gasteiger partial charge on any atom is -0.352 e. The zero-order valence-electron chi connectivity index (χ0n) is 13.4. The normalized spacial score (nSPS) is 11.1. The summed E-state index contributed by atoms with van der Waals surface area (Å²) in [4.78, 5) is 6.34. The summed E-state index contributed by atoms with van der Waals surface area (Å²) in [5.74, 6) is 0.571. The Bertz CT molecular complexity index is 655. The smallest absolute Gasteiger partial charge is 0.194 e. The van der Waals surface area contributed by atoms with Gasteiger partial charge in [-0.3, -0.25) is 4.99 Å². The van der Waals surface area contributed by atoms with Crippen molar-refractivity contribution >= 4 is 45.9 Å². The van der Waals surface area contributed by atoms with Crippen molar-refractivity contribution in [2.45, 2.75) is 13.1 Å². The van der Waals surface area contributed by atoms with Crippen molar-refractivity contribution in [2.75, 3.05) is 14.1 Å². The highest BCUT2D eigenvalue weighted by molar-refractivity contribution is 14.0. The Morgan fingerprint density at radius 3 is 2.52 bits per heavy atom. The lowest BCUT2D eigenvalue weighted by Gasteiger charge is -2.22. The standard InChI is InChI=1S/C16H20BrFN4.HI/c1-19-16(20-9-12-4-6-14(18)7-5-12)22(3)11-15-8-13(17)10-21(15)2;/h4-8,10H,9,11H2,1-3H3,(H,19,20);1H. The van der Waals surface area contributed by atoms with Crippen molar-refractivity contribution in [1.82, 2.24) is 14.8 Å². The highest BCUT2D eigenvalue weighted by Gasteiger charge is 2.09. The van der Waals surface area contributed by atoms with Crippen molar-refractivity contribution in [3.63, 3.8) is 0 Å². The number of hydrogen-bond acceptors (Lipinski definition) is 1. The van der Waals surface area contributed by atoms with Crippen molar-refractivity contribution in [2.24, 2.45) is 12.0 Å². The Hall–Kier alpha value is -1.09. The van der Waals surface area contributed by atoms with E-state index in [2.05, 4.69) is 36.9 Å². The first-order chi connectivity index (χ1) is 10.5. The molecule has 1 heterocycles. The van der Waals surface area contributed by atoms with Gasteiger partial charge in [-0.1, -0.05) is 12.1 Å². The number of hydrogen-bond donors (Lipinski definition) is 1. The number of aryl methyl sites for hydroxylation is 1. The molecule has 0 saturated heterocycles. The van der Waals surface area contributed by atoms with Crippen LogP contribution in [0.3, 0.4) is 0 Å². The summed E-state index contributed by atoms with van der Waals surface area (Å²) in [5, 5.41) is 3.28. The number of rotatable bonds is 4. The number of aromatic nitrogens is 1. The second kappa shape index (κ2) is 9.27. The van der Waals surface area contributed by atoms with Crippen LogP contribution in [0, 0.1) is 5.82 Å². The second-order valence-electron chi connectivity index (χ2n) is 5.14. The monoisotopic (exact) mass is 494 g/mol. The minimum absolute atomic E-state index is 0. The maximum Gasteiger partial charge on any atom is 0.194 e. The van der Waals surface area contributed by atoms with Gasteiger partial charge in [-0.2, -0.15) is 0 Å². The molecule has 1 aromatic heterocycles. The van der Waals surface area contributed by atoms with Gasteiger partial charge in [0.1, 0.15) is 5.82 Å². The lowest BCUT2D eigenvalue weighted by Crippen LogP contribution is -2.38. The van der Waals surface area contributed by atoms with E-state index >= 15 is 0 Å². The molecule has 0 aliphatic rings. The van der Waals surface area contributed by atoms with Crippen LogP contribution in [0.1, 0.15) is 11.3 Å². The highest BCUT2D eigenvalue weighted by Crippen LogP contribution is 2.15. The maximum absolute atomic E-state index is 12.9. The molecule has 0 bridgehead atoms. The van der Waals surface area contributed by atoms with Crippen LogP contribution < -0.4 is 5.32 Å². The first-order valence-electron chi connectivity index (χ1n) is 6.96. The van der Waals surface area contributed by atoms with E-state index in [1.807, 2.05) is 25.2 Å². The third-order valence-electron chi connectivity index (χ3n) is 3.41. The molecule has 0 atom stereocenters. The molecule has 2 rings (SSSR count). The average molecular weight is 495 g/mol. The largest absolute Gasteiger partial charge is 0.352 e. The van der Waals surface area contributed by atoms with E-state index in [9.17, 15) is 4.39 Å². The first-order valence-corrected chi connectivity index (χ1v) is 7.76. The molecule has 0 fully saturated rings. The first kappa shape index (κ1) is 20.0. The molecule has 0 unspecified atom stereocenters. The summed E-state index contributed by atoms with van der Waals surface area (Å²) in [6.07, 6.45) is 2.03. The number of nitrogens with one attached hydrogen (secondary N) is 1. The van der Waals surface area contributed by atoms with Crippen LogP contribution >= 0.6 is 39.9 Å². The number of aliphatic imine (C=N–C) groups is 1. The lowest BCUT2D eigenvalue weighted by atomic mass is 10.2. The topological polar surface area (TPSA) is 32.6 Å². The molecule has 0 saturated carbocycles. The fourth-order valence-electron chi connectivity index (χ4n) is 2.21. The van der Waals surface area contributed by atoms with Gasteiger partial charge in [0.15, 0.2) is 5.96 Å². The zero-order valence-corrected chi connectivity index (χ0v) is 17.3.